The van der Waals surface area contributed by atoms with Crippen molar-refractivity contribution >= 4 is 10.0 Å². The minimum Gasteiger partial charge on any atom is -0.317 e. The number of piperidine rings is 1. The predicted molar refractivity (Wildman–Crippen MR) is 60.4 cm³/mol. The SMILES string of the molecule is O=S(=O)(CC1CCNCC1)NCc1nn[nH]n1. The number of H-pyrrole nitrogens is 1. The van der Waals surface area contributed by atoms with E-state index in [9.17, 15) is 8.42 Å². The van der Waals surface area contributed by atoms with Crippen LogP contribution in [-0.4, -0.2) is 47.9 Å². The topological polar surface area (TPSA) is 113 Å². The number of nitrogens with zero attached hydrogens (tertiary/aromatic N) is 3. The van der Waals surface area contributed by atoms with Crippen molar-refractivity contribution in [3.63, 3.8) is 0 Å². The largest absolute Gasteiger partial charge is 0.317 e. The molecule has 2 heterocycles. The maximum absolute atomic E-state index is 11.8. The van der Waals surface area contributed by atoms with Gasteiger partial charge in [0.2, 0.25) is 10.0 Å². The molecule has 1 aliphatic rings. The molecule has 1 saturated heterocycles. The number of sulfonamides is 1. The number of aromatic amines is 1. The fourth-order valence-corrected chi connectivity index (χ4v) is 3.27. The fourth-order valence-electron chi connectivity index (χ4n) is 1.85. The number of aromatic nitrogens is 4. The van der Waals surface area contributed by atoms with E-state index >= 15 is 0 Å². The Kier molecular flexibility index (Phi) is 4.02. The van der Waals surface area contributed by atoms with E-state index in [2.05, 4.69) is 30.7 Å². The lowest BCUT2D eigenvalue weighted by molar-refractivity contribution is 0.400. The van der Waals surface area contributed by atoms with Gasteiger partial charge in [-0.25, -0.2) is 13.1 Å². The number of nitrogens with one attached hydrogen (secondary N) is 3. The predicted octanol–water partition coefficient (Wildman–Crippen LogP) is -1.38. The standard InChI is InChI=1S/C8H16N6O2S/c15-17(16,6-7-1-3-9-4-2-7)10-5-8-11-13-14-12-8/h7,9-10H,1-6H2,(H,11,12,13,14). The second-order valence-electron chi connectivity index (χ2n) is 4.12. The summed E-state index contributed by atoms with van der Waals surface area (Å²) < 4.78 is 26.0. The fraction of sp³-hybridized carbons (Fsp3) is 0.875. The van der Waals surface area contributed by atoms with Crippen molar-refractivity contribution < 1.29 is 8.42 Å². The zero-order valence-corrected chi connectivity index (χ0v) is 10.2. The van der Waals surface area contributed by atoms with Crippen LogP contribution in [0, 0.1) is 5.92 Å². The Morgan fingerprint density at radius 2 is 2.12 bits per heavy atom. The van der Waals surface area contributed by atoms with Crippen LogP contribution in [0.3, 0.4) is 0 Å². The molecule has 0 aliphatic carbocycles. The van der Waals surface area contributed by atoms with Gasteiger partial charge in [0.15, 0.2) is 5.82 Å². The van der Waals surface area contributed by atoms with E-state index in [1.807, 2.05) is 0 Å². The van der Waals surface area contributed by atoms with Crippen LogP contribution in [0.1, 0.15) is 18.7 Å². The van der Waals surface area contributed by atoms with Crippen LogP contribution in [0.4, 0.5) is 0 Å². The molecule has 0 aromatic carbocycles. The minimum atomic E-state index is -3.26. The van der Waals surface area contributed by atoms with Gasteiger partial charge in [-0.2, -0.15) is 5.21 Å². The zero-order valence-electron chi connectivity index (χ0n) is 9.39. The van der Waals surface area contributed by atoms with E-state index in [0.717, 1.165) is 25.9 Å². The Morgan fingerprint density at radius 3 is 2.76 bits per heavy atom. The Bertz CT molecular complexity index is 425. The van der Waals surface area contributed by atoms with Crippen molar-refractivity contribution in [2.75, 3.05) is 18.8 Å². The lowest BCUT2D eigenvalue weighted by atomic mass is 10.0. The molecule has 0 atom stereocenters. The second-order valence-corrected chi connectivity index (χ2v) is 5.98. The monoisotopic (exact) mass is 260 g/mol. The molecule has 1 aliphatic heterocycles. The van der Waals surface area contributed by atoms with Gasteiger partial charge in [-0.15, -0.1) is 10.2 Å². The van der Waals surface area contributed by atoms with Crippen LogP contribution in [-0.2, 0) is 16.6 Å². The first-order valence-corrected chi connectivity index (χ1v) is 7.21. The Labute approximate surface area is 99.6 Å². The summed E-state index contributed by atoms with van der Waals surface area (Å²) in [5, 5.41) is 16.2. The highest BCUT2D eigenvalue weighted by Gasteiger charge is 2.21. The molecular formula is C8H16N6O2S. The van der Waals surface area contributed by atoms with Crippen LogP contribution < -0.4 is 10.0 Å². The third-order valence-corrected chi connectivity index (χ3v) is 4.25. The summed E-state index contributed by atoms with van der Waals surface area (Å²) >= 11 is 0. The van der Waals surface area contributed by atoms with Gasteiger partial charge in [-0.1, -0.05) is 5.21 Å². The Hall–Kier alpha value is -1.06. The van der Waals surface area contributed by atoms with E-state index in [1.165, 1.54) is 0 Å². The molecule has 96 valence electrons. The molecule has 1 aromatic rings. The van der Waals surface area contributed by atoms with Crippen molar-refractivity contribution in [1.29, 1.82) is 0 Å². The first-order chi connectivity index (χ1) is 8.16. The highest BCUT2D eigenvalue weighted by molar-refractivity contribution is 7.89. The molecule has 0 saturated carbocycles. The zero-order chi connectivity index (χ0) is 12.1. The lowest BCUT2D eigenvalue weighted by Crippen LogP contribution is -2.35. The quantitative estimate of drug-likeness (QED) is 0.601. The highest BCUT2D eigenvalue weighted by Crippen LogP contribution is 2.13. The van der Waals surface area contributed by atoms with Crippen molar-refractivity contribution in [1.82, 2.24) is 30.7 Å². The highest BCUT2D eigenvalue weighted by atomic mass is 32.2. The van der Waals surface area contributed by atoms with E-state index in [1.54, 1.807) is 0 Å². The van der Waals surface area contributed by atoms with Gasteiger partial charge in [0.05, 0.1) is 12.3 Å². The number of tetrazole rings is 1. The molecule has 2 rings (SSSR count). The molecule has 8 nitrogen and oxygen atoms in total. The average Bonchev–Trinajstić information content (AvgIpc) is 2.80. The van der Waals surface area contributed by atoms with Crippen LogP contribution in [0.5, 0.6) is 0 Å². The lowest BCUT2D eigenvalue weighted by Gasteiger charge is -2.22. The molecule has 9 heteroatoms. The van der Waals surface area contributed by atoms with Gasteiger partial charge in [-0.3, -0.25) is 0 Å². The third kappa shape index (κ3) is 4.02. The van der Waals surface area contributed by atoms with Crippen LogP contribution in [0.15, 0.2) is 0 Å². The van der Waals surface area contributed by atoms with E-state index in [0.29, 0.717) is 5.82 Å². The summed E-state index contributed by atoms with van der Waals surface area (Å²) in [6.07, 6.45) is 1.81. The normalized spacial score (nSPS) is 18.4. The first-order valence-electron chi connectivity index (χ1n) is 5.56. The molecule has 1 fully saturated rings. The smallest absolute Gasteiger partial charge is 0.212 e. The number of hydrogen-bond acceptors (Lipinski definition) is 6. The van der Waals surface area contributed by atoms with Gasteiger partial charge >= 0.3 is 0 Å². The second kappa shape index (κ2) is 5.52. The van der Waals surface area contributed by atoms with E-state index < -0.39 is 10.0 Å². The van der Waals surface area contributed by atoms with Crippen molar-refractivity contribution in [2.24, 2.45) is 5.92 Å². The number of hydrogen-bond donors (Lipinski definition) is 3. The number of rotatable bonds is 5. The van der Waals surface area contributed by atoms with Gasteiger partial charge in [-0.05, 0) is 31.8 Å². The molecule has 0 radical (unpaired) electrons. The summed E-state index contributed by atoms with van der Waals surface area (Å²) in [4.78, 5) is 0. The van der Waals surface area contributed by atoms with E-state index in [-0.39, 0.29) is 18.2 Å². The maximum atomic E-state index is 11.8. The van der Waals surface area contributed by atoms with Crippen molar-refractivity contribution in [3.8, 4) is 0 Å². The minimum absolute atomic E-state index is 0.0871. The Balaban J connectivity index is 1.81. The summed E-state index contributed by atoms with van der Waals surface area (Å²) in [6.45, 7) is 1.87. The van der Waals surface area contributed by atoms with Crippen LogP contribution in [0.2, 0.25) is 0 Å². The summed E-state index contributed by atoms with van der Waals surface area (Å²) in [7, 11) is -3.26. The molecular weight excluding hydrogens is 244 g/mol. The van der Waals surface area contributed by atoms with Gasteiger partial charge in [0.25, 0.3) is 0 Å². The first kappa shape index (κ1) is 12.4. The van der Waals surface area contributed by atoms with E-state index in [4.69, 9.17) is 0 Å². The van der Waals surface area contributed by atoms with Gasteiger partial charge in [0, 0.05) is 0 Å². The van der Waals surface area contributed by atoms with Crippen molar-refractivity contribution in [2.45, 2.75) is 19.4 Å². The third-order valence-electron chi connectivity index (χ3n) is 2.75. The molecule has 3 N–H and O–H groups in total. The molecule has 0 unspecified atom stereocenters. The summed E-state index contributed by atoms with van der Waals surface area (Å²) in [5.74, 6) is 0.755. The summed E-state index contributed by atoms with van der Waals surface area (Å²) in [5.41, 5.74) is 0. The summed E-state index contributed by atoms with van der Waals surface area (Å²) in [6, 6.07) is 0. The van der Waals surface area contributed by atoms with Crippen LogP contribution in [0.25, 0.3) is 0 Å². The Morgan fingerprint density at radius 1 is 1.35 bits per heavy atom. The molecule has 0 bridgehead atoms. The molecule has 0 amide bonds. The molecule has 0 spiro atoms. The molecule has 17 heavy (non-hydrogen) atoms. The van der Waals surface area contributed by atoms with Gasteiger partial charge in [0.1, 0.15) is 0 Å². The average molecular weight is 260 g/mol. The van der Waals surface area contributed by atoms with Gasteiger partial charge < -0.3 is 5.32 Å². The van der Waals surface area contributed by atoms with Crippen molar-refractivity contribution in [3.05, 3.63) is 5.82 Å². The molecule has 1 aromatic heterocycles. The maximum Gasteiger partial charge on any atom is 0.212 e. The van der Waals surface area contributed by atoms with Crippen LogP contribution >= 0.6 is 0 Å².